The van der Waals surface area contributed by atoms with Crippen LogP contribution in [0.25, 0.3) is 0 Å². The van der Waals surface area contributed by atoms with E-state index >= 15 is 0 Å². The lowest BCUT2D eigenvalue weighted by Gasteiger charge is -2.44. The molecule has 0 aliphatic carbocycles. The Morgan fingerprint density at radius 1 is 0.840 bits per heavy atom. The Morgan fingerprint density at radius 3 is 2.08 bits per heavy atom. The first-order valence-electron chi connectivity index (χ1n) is 7.72. The molecular formula is C19H20O6. The summed E-state index contributed by atoms with van der Waals surface area (Å²) >= 11 is 0. The summed E-state index contributed by atoms with van der Waals surface area (Å²) in [5.41, 5.74) is 0.908. The van der Waals surface area contributed by atoms with Gasteiger partial charge >= 0.3 is 5.79 Å². The number of carbonyl (C=O) groups excluding carboxylic acids is 1. The fourth-order valence-electron chi connectivity index (χ4n) is 3.19. The molecule has 2 aromatic rings. The zero-order valence-electron chi connectivity index (χ0n) is 14.6. The molecule has 0 aromatic heterocycles. The molecule has 25 heavy (non-hydrogen) atoms. The van der Waals surface area contributed by atoms with Crippen molar-refractivity contribution in [1.82, 2.24) is 0 Å². The first-order chi connectivity index (χ1) is 12.1. The van der Waals surface area contributed by atoms with Crippen LogP contribution in [0.2, 0.25) is 0 Å². The molecule has 0 bridgehead atoms. The largest absolute Gasteiger partial charge is 0.496 e. The number of fused-ring (bicyclic) bond motifs is 1. The molecule has 0 spiro atoms. The van der Waals surface area contributed by atoms with Crippen LogP contribution in [-0.2, 0) is 30.6 Å². The second kappa shape index (κ2) is 6.48. The monoisotopic (exact) mass is 344 g/mol. The molecule has 0 saturated heterocycles. The maximum absolute atomic E-state index is 13.5. The van der Waals surface area contributed by atoms with Crippen molar-refractivity contribution in [2.45, 2.75) is 11.6 Å². The topological polar surface area (TPSA) is 63.2 Å². The van der Waals surface area contributed by atoms with Crippen LogP contribution < -0.4 is 9.47 Å². The molecular weight excluding hydrogens is 324 g/mol. The van der Waals surface area contributed by atoms with Crippen LogP contribution in [0.4, 0.5) is 0 Å². The van der Waals surface area contributed by atoms with E-state index in [9.17, 15) is 4.79 Å². The number of carbonyl (C=O) groups is 1. The second-order valence-corrected chi connectivity index (χ2v) is 5.48. The maximum Gasteiger partial charge on any atom is 0.303 e. The smallest absolute Gasteiger partial charge is 0.303 e. The number of rotatable bonds is 5. The van der Waals surface area contributed by atoms with E-state index in [1.165, 1.54) is 28.4 Å². The normalized spacial score (nSPS) is 21.4. The zero-order chi connectivity index (χ0) is 18.1. The van der Waals surface area contributed by atoms with Gasteiger partial charge in [0.25, 0.3) is 11.6 Å². The lowest BCUT2D eigenvalue weighted by molar-refractivity contribution is -0.265. The number of ketones is 1. The quantitative estimate of drug-likeness (QED) is 0.777. The van der Waals surface area contributed by atoms with Crippen molar-refractivity contribution in [3.05, 3.63) is 59.7 Å². The Hall–Kier alpha value is -2.41. The maximum atomic E-state index is 13.5. The molecule has 6 heteroatoms. The number of hydrogen-bond acceptors (Lipinski definition) is 6. The fourth-order valence-corrected chi connectivity index (χ4v) is 3.19. The molecule has 132 valence electrons. The molecule has 1 unspecified atom stereocenters. The summed E-state index contributed by atoms with van der Waals surface area (Å²) in [5, 5.41) is 0. The highest BCUT2D eigenvalue weighted by Crippen LogP contribution is 2.51. The number of Topliss-reactive ketones (excluding diaryl/α,β-unsaturated/α-hetero) is 1. The summed E-state index contributed by atoms with van der Waals surface area (Å²) in [5.74, 6) is -3.16. The third-order valence-corrected chi connectivity index (χ3v) is 4.40. The van der Waals surface area contributed by atoms with Crippen LogP contribution in [0.15, 0.2) is 48.5 Å². The molecule has 0 saturated carbocycles. The predicted octanol–water partition coefficient (Wildman–Crippen LogP) is 2.60. The molecule has 1 atom stereocenters. The fraction of sp³-hybridized carbons (Fsp3) is 0.316. The van der Waals surface area contributed by atoms with Gasteiger partial charge in [-0.1, -0.05) is 36.4 Å². The molecule has 0 amide bonds. The van der Waals surface area contributed by atoms with Gasteiger partial charge in [-0.05, 0) is 12.1 Å². The minimum absolute atomic E-state index is 0.371. The van der Waals surface area contributed by atoms with Crippen molar-refractivity contribution < 1.29 is 28.5 Å². The van der Waals surface area contributed by atoms with E-state index in [1.807, 2.05) is 6.07 Å². The lowest BCUT2D eigenvalue weighted by Crippen LogP contribution is -2.58. The van der Waals surface area contributed by atoms with Crippen LogP contribution in [-0.4, -0.2) is 34.2 Å². The molecule has 1 heterocycles. The lowest BCUT2D eigenvalue weighted by atomic mass is 9.86. The molecule has 1 aliphatic heterocycles. The standard InChI is InChI=1S/C19H20O6/c1-21-14-11-8-12-15-16(14)19(23-3,24-4)17(20)18(22-2,25-15)13-9-6-5-7-10-13/h5-12H,1-4H3. The Kier molecular flexibility index (Phi) is 4.51. The van der Waals surface area contributed by atoms with E-state index in [1.54, 1.807) is 42.5 Å². The average molecular weight is 344 g/mol. The van der Waals surface area contributed by atoms with Gasteiger partial charge in [0, 0.05) is 26.9 Å². The van der Waals surface area contributed by atoms with Gasteiger partial charge in [-0.25, -0.2) is 0 Å². The SMILES string of the molecule is COc1cccc2c1C(OC)(OC)C(=O)C(OC)(c1ccccc1)O2. The van der Waals surface area contributed by atoms with Crippen molar-refractivity contribution in [3.63, 3.8) is 0 Å². The Balaban J connectivity index is 2.32. The first-order valence-corrected chi connectivity index (χ1v) is 7.72. The van der Waals surface area contributed by atoms with Gasteiger partial charge < -0.3 is 23.7 Å². The van der Waals surface area contributed by atoms with E-state index in [-0.39, 0.29) is 0 Å². The average Bonchev–Trinajstić information content (AvgIpc) is 2.68. The van der Waals surface area contributed by atoms with E-state index in [4.69, 9.17) is 23.7 Å². The highest BCUT2D eigenvalue weighted by Gasteiger charge is 2.62. The van der Waals surface area contributed by atoms with Crippen molar-refractivity contribution in [1.29, 1.82) is 0 Å². The van der Waals surface area contributed by atoms with E-state index in [0.717, 1.165) is 0 Å². The predicted molar refractivity (Wildman–Crippen MR) is 89.5 cm³/mol. The van der Waals surface area contributed by atoms with E-state index < -0.39 is 17.4 Å². The minimum Gasteiger partial charge on any atom is -0.496 e. The Morgan fingerprint density at radius 2 is 1.52 bits per heavy atom. The van der Waals surface area contributed by atoms with Gasteiger partial charge in [0.2, 0.25) is 0 Å². The van der Waals surface area contributed by atoms with Gasteiger partial charge in [0.15, 0.2) is 0 Å². The number of hydrogen-bond donors (Lipinski definition) is 0. The summed E-state index contributed by atoms with van der Waals surface area (Å²) in [7, 11) is 5.71. The Bertz CT molecular complexity index is 769. The van der Waals surface area contributed by atoms with Gasteiger partial charge in [0.1, 0.15) is 17.1 Å². The summed E-state index contributed by atoms with van der Waals surface area (Å²) in [6.45, 7) is 0. The van der Waals surface area contributed by atoms with Crippen LogP contribution in [0.3, 0.4) is 0 Å². The molecule has 0 radical (unpaired) electrons. The van der Waals surface area contributed by atoms with Crippen LogP contribution in [0, 0.1) is 0 Å². The van der Waals surface area contributed by atoms with Crippen molar-refractivity contribution in [3.8, 4) is 11.5 Å². The Labute approximate surface area is 146 Å². The van der Waals surface area contributed by atoms with Gasteiger partial charge in [0.05, 0.1) is 7.11 Å². The molecule has 1 aliphatic rings. The number of benzene rings is 2. The summed E-state index contributed by atoms with van der Waals surface area (Å²) < 4.78 is 28.2. The van der Waals surface area contributed by atoms with Crippen molar-refractivity contribution >= 4 is 5.78 Å². The van der Waals surface area contributed by atoms with Gasteiger partial charge in [-0.2, -0.15) is 0 Å². The van der Waals surface area contributed by atoms with E-state index in [2.05, 4.69) is 0 Å². The van der Waals surface area contributed by atoms with Gasteiger partial charge in [-0.3, -0.25) is 4.79 Å². The van der Waals surface area contributed by atoms with E-state index in [0.29, 0.717) is 22.6 Å². The third-order valence-electron chi connectivity index (χ3n) is 4.40. The molecule has 2 aromatic carbocycles. The van der Waals surface area contributed by atoms with Crippen LogP contribution >= 0.6 is 0 Å². The molecule has 3 rings (SSSR count). The number of methoxy groups -OCH3 is 4. The molecule has 0 fully saturated rings. The molecule has 6 nitrogen and oxygen atoms in total. The minimum atomic E-state index is -1.73. The summed E-state index contributed by atoms with van der Waals surface area (Å²) in [6, 6.07) is 14.1. The summed E-state index contributed by atoms with van der Waals surface area (Å²) in [6.07, 6.45) is 0. The third kappa shape index (κ3) is 2.33. The van der Waals surface area contributed by atoms with Crippen LogP contribution in [0.5, 0.6) is 11.5 Å². The summed E-state index contributed by atoms with van der Waals surface area (Å²) in [4.78, 5) is 13.5. The molecule has 0 N–H and O–H groups in total. The second-order valence-electron chi connectivity index (χ2n) is 5.48. The van der Waals surface area contributed by atoms with Crippen LogP contribution in [0.1, 0.15) is 11.1 Å². The highest BCUT2D eigenvalue weighted by molar-refractivity contribution is 5.97. The number of ether oxygens (including phenoxy) is 5. The van der Waals surface area contributed by atoms with Crippen molar-refractivity contribution in [2.24, 2.45) is 0 Å². The van der Waals surface area contributed by atoms with Gasteiger partial charge in [-0.15, -0.1) is 0 Å². The highest BCUT2D eigenvalue weighted by atomic mass is 16.7. The zero-order valence-corrected chi connectivity index (χ0v) is 14.6. The first kappa shape index (κ1) is 17.4. The van der Waals surface area contributed by atoms with Crippen molar-refractivity contribution in [2.75, 3.05) is 28.4 Å².